The van der Waals surface area contributed by atoms with Gasteiger partial charge in [0.2, 0.25) is 5.91 Å². The molecule has 1 aliphatic carbocycles. The van der Waals surface area contributed by atoms with E-state index in [2.05, 4.69) is 5.32 Å². The molecule has 1 saturated carbocycles. The molecule has 0 radical (unpaired) electrons. The highest BCUT2D eigenvalue weighted by Gasteiger charge is 2.36. The Hall–Kier alpha value is -3.06. The first kappa shape index (κ1) is 23.1. The normalized spacial score (nSPS) is 15.1. The number of carbonyl (C=O) groups excluding carboxylic acids is 2. The lowest BCUT2D eigenvalue weighted by Crippen LogP contribution is -2.47. The molecule has 4 rings (SSSR count). The Morgan fingerprint density at radius 3 is 2.55 bits per heavy atom. The largest absolute Gasteiger partial charge is 0.494 e. The molecule has 0 spiro atoms. The monoisotopic (exact) mass is 466 g/mol. The van der Waals surface area contributed by atoms with Gasteiger partial charge in [0.1, 0.15) is 11.5 Å². The summed E-state index contributed by atoms with van der Waals surface area (Å²) in [6.07, 6.45) is 7.08. The summed E-state index contributed by atoms with van der Waals surface area (Å²) in [4.78, 5) is 29.8. The zero-order valence-electron chi connectivity index (χ0n) is 18.9. The van der Waals surface area contributed by atoms with Gasteiger partial charge in [-0.15, -0.1) is 11.3 Å². The van der Waals surface area contributed by atoms with Gasteiger partial charge in [0.25, 0.3) is 5.91 Å². The van der Waals surface area contributed by atoms with Gasteiger partial charge < -0.3 is 14.5 Å². The molecule has 2 heterocycles. The summed E-state index contributed by atoms with van der Waals surface area (Å²) in [6, 6.07) is 13.9. The van der Waals surface area contributed by atoms with E-state index < -0.39 is 6.04 Å². The van der Waals surface area contributed by atoms with Crippen molar-refractivity contribution in [1.82, 2.24) is 5.32 Å². The van der Waals surface area contributed by atoms with Crippen LogP contribution in [0.4, 0.5) is 5.69 Å². The third kappa shape index (κ3) is 5.85. The third-order valence-electron chi connectivity index (χ3n) is 5.87. The number of hydrogen-bond donors (Lipinski definition) is 1. The highest BCUT2D eigenvalue weighted by molar-refractivity contribution is 7.10. The van der Waals surface area contributed by atoms with Crippen molar-refractivity contribution in [2.45, 2.75) is 57.5 Å². The summed E-state index contributed by atoms with van der Waals surface area (Å²) < 4.78 is 11.2. The Morgan fingerprint density at radius 1 is 1.12 bits per heavy atom. The molecule has 0 saturated heterocycles. The molecule has 2 aromatic heterocycles. The molecule has 1 fully saturated rings. The molecule has 2 amide bonds. The average Bonchev–Trinajstić information content (AvgIpc) is 3.53. The Bertz CT molecular complexity index is 1010. The third-order valence-corrected chi connectivity index (χ3v) is 6.75. The van der Waals surface area contributed by atoms with Crippen molar-refractivity contribution in [3.8, 4) is 5.75 Å². The van der Waals surface area contributed by atoms with Gasteiger partial charge in [-0.2, -0.15) is 0 Å². The SMILES string of the molecule is CCOc1ccc(N(C(=O)Cc2cccs2)[C@@H](C(=O)NC2CCCCC2)c2ccco2)cc1. The van der Waals surface area contributed by atoms with Crippen molar-refractivity contribution in [1.29, 1.82) is 0 Å². The Labute approximate surface area is 198 Å². The molecule has 1 atom stereocenters. The van der Waals surface area contributed by atoms with Crippen LogP contribution in [0, 0.1) is 0 Å². The molecule has 6 nitrogen and oxygen atoms in total. The van der Waals surface area contributed by atoms with Crippen molar-refractivity contribution in [3.63, 3.8) is 0 Å². The molecule has 7 heteroatoms. The second kappa shape index (κ2) is 11.2. The zero-order chi connectivity index (χ0) is 23.0. The summed E-state index contributed by atoms with van der Waals surface area (Å²) in [5.41, 5.74) is 0.625. The standard InChI is InChI=1S/C26H30N2O4S/c1-2-31-21-14-12-20(13-15-21)28(24(29)18-22-10-7-17-33-22)25(23-11-6-16-32-23)26(30)27-19-8-4-3-5-9-19/h6-7,10-17,19,25H,2-5,8-9,18H2,1H3,(H,27,30)/t25-/m1/s1. The minimum Gasteiger partial charge on any atom is -0.494 e. The van der Waals surface area contributed by atoms with Crippen molar-refractivity contribution in [2.24, 2.45) is 0 Å². The van der Waals surface area contributed by atoms with Gasteiger partial charge in [0.15, 0.2) is 6.04 Å². The fourth-order valence-electron chi connectivity index (χ4n) is 4.30. The lowest BCUT2D eigenvalue weighted by molar-refractivity contribution is -0.127. The van der Waals surface area contributed by atoms with Gasteiger partial charge in [0.05, 0.1) is 19.3 Å². The maximum atomic E-state index is 13.6. The van der Waals surface area contributed by atoms with Crippen LogP contribution in [0.25, 0.3) is 0 Å². The first-order valence-corrected chi connectivity index (χ1v) is 12.4. The van der Waals surface area contributed by atoms with Gasteiger partial charge in [-0.3, -0.25) is 14.5 Å². The van der Waals surface area contributed by atoms with Crippen LogP contribution in [0.2, 0.25) is 0 Å². The number of nitrogens with one attached hydrogen (secondary N) is 1. The Morgan fingerprint density at radius 2 is 1.91 bits per heavy atom. The number of thiophene rings is 1. The summed E-state index contributed by atoms with van der Waals surface area (Å²) in [5.74, 6) is 0.775. The van der Waals surface area contributed by atoms with Crippen LogP contribution in [-0.2, 0) is 16.0 Å². The first-order chi connectivity index (χ1) is 16.2. The fourth-order valence-corrected chi connectivity index (χ4v) is 5.00. The van der Waals surface area contributed by atoms with Crippen LogP contribution in [-0.4, -0.2) is 24.5 Å². The summed E-state index contributed by atoms with van der Waals surface area (Å²) in [6.45, 7) is 2.48. The number of anilines is 1. The fraction of sp³-hybridized carbons (Fsp3) is 0.385. The molecule has 0 bridgehead atoms. The van der Waals surface area contributed by atoms with Crippen molar-refractivity contribution in [2.75, 3.05) is 11.5 Å². The predicted octanol–water partition coefficient (Wildman–Crippen LogP) is 5.51. The molecule has 1 N–H and O–H groups in total. The van der Waals surface area contributed by atoms with Crippen LogP contribution >= 0.6 is 11.3 Å². The van der Waals surface area contributed by atoms with E-state index in [-0.39, 0.29) is 24.3 Å². The van der Waals surface area contributed by atoms with Gasteiger partial charge in [0, 0.05) is 16.6 Å². The van der Waals surface area contributed by atoms with Gasteiger partial charge in [-0.25, -0.2) is 0 Å². The number of carbonyl (C=O) groups is 2. The minimum absolute atomic E-state index is 0.123. The number of ether oxygens (including phenoxy) is 1. The molecular formula is C26H30N2O4S. The summed E-state index contributed by atoms with van der Waals surface area (Å²) in [5, 5.41) is 5.14. The number of furan rings is 1. The van der Waals surface area contributed by atoms with Gasteiger partial charge >= 0.3 is 0 Å². The number of rotatable bonds is 9. The second-order valence-corrected chi connectivity index (χ2v) is 9.24. The van der Waals surface area contributed by atoms with Crippen LogP contribution < -0.4 is 15.0 Å². The summed E-state index contributed by atoms with van der Waals surface area (Å²) >= 11 is 1.53. The van der Waals surface area contributed by atoms with Crippen molar-refractivity contribution in [3.05, 3.63) is 70.8 Å². The highest BCUT2D eigenvalue weighted by Crippen LogP contribution is 2.31. The average molecular weight is 467 g/mol. The predicted molar refractivity (Wildman–Crippen MR) is 130 cm³/mol. The van der Waals surface area contributed by atoms with E-state index in [9.17, 15) is 9.59 Å². The number of hydrogen-bond acceptors (Lipinski definition) is 5. The molecule has 174 valence electrons. The molecule has 33 heavy (non-hydrogen) atoms. The topological polar surface area (TPSA) is 71.8 Å². The van der Waals surface area contributed by atoms with E-state index >= 15 is 0 Å². The highest BCUT2D eigenvalue weighted by atomic mass is 32.1. The molecule has 0 unspecified atom stereocenters. The maximum Gasteiger partial charge on any atom is 0.251 e. The van der Waals surface area contributed by atoms with E-state index in [1.165, 1.54) is 24.0 Å². The van der Waals surface area contributed by atoms with Crippen LogP contribution in [0.3, 0.4) is 0 Å². The molecule has 1 aromatic carbocycles. The Balaban J connectivity index is 1.68. The van der Waals surface area contributed by atoms with E-state index in [4.69, 9.17) is 9.15 Å². The zero-order valence-corrected chi connectivity index (χ0v) is 19.7. The van der Waals surface area contributed by atoms with E-state index in [1.54, 1.807) is 17.0 Å². The quantitative estimate of drug-likeness (QED) is 0.452. The van der Waals surface area contributed by atoms with E-state index in [0.29, 0.717) is 23.8 Å². The molecule has 3 aromatic rings. The van der Waals surface area contributed by atoms with Crippen molar-refractivity contribution >= 4 is 28.8 Å². The minimum atomic E-state index is -0.896. The smallest absolute Gasteiger partial charge is 0.251 e. The lowest BCUT2D eigenvalue weighted by Gasteiger charge is -2.32. The van der Waals surface area contributed by atoms with Crippen LogP contribution in [0.1, 0.15) is 55.7 Å². The first-order valence-electron chi connectivity index (χ1n) is 11.6. The Kier molecular flexibility index (Phi) is 7.83. The molecule has 0 aliphatic heterocycles. The second-order valence-electron chi connectivity index (χ2n) is 8.21. The van der Waals surface area contributed by atoms with Crippen LogP contribution in [0.15, 0.2) is 64.6 Å². The lowest BCUT2D eigenvalue weighted by atomic mass is 9.95. The van der Waals surface area contributed by atoms with Crippen LogP contribution in [0.5, 0.6) is 5.75 Å². The van der Waals surface area contributed by atoms with E-state index in [1.807, 2.05) is 48.7 Å². The van der Waals surface area contributed by atoms with Gasteiger partial charge in [-0.05, 0) is 67.6 Å². The number of amides is 2. The van der Waals surface area contributed by atoms with Gasteiger partial charge in [-0.1, -0.05) is 25.3 Å². The van der Waals surface area contributed by atoms with E-state index in [0.717, 1.165) is 30.6 Å². The number of nitrogens with zero attached hydrogens (tertiary/aromatic N) is 1. The maximum absolute atomic E-state index is 13.6. The molecule has 1 aliphatic rings. The molecular weight excluding hydrogens is 436 g/mol. The number of benzene rings is 1. The summed E-state index contributed by atoms with van der Waals surface area (Å²) in [7, 11) is 0. The van der Waals surface area contributed by atoms with Crippen molar-refractivity contribution < 1.29 is 18.7 Å².